The monoisotopic (exact) mass is 336 g/mol. The summed E-state index contributed by atoms with van der Waals surface area (Å²) in [4.78, 5) is 23.0. The van der Waals surface area contributed by atoms with E-state index < -0.39 is 16.7 Å². The van der Waals surface area contributed by atoms with Crippen LogP contribution in [-0.4, -0.2) is 27.8 Å². The van der Waals surface area contributed by atoms with Crippen molar-refractivity contribution in [3.05, 3.63) is 35.4 Å². The third-order valence-corrected chi connectivity index (χ3v) is 5.32. The first kappa shape index (κ1) is 17.7. The van der Waals surface area contributed by atoms with Crippen LogP contribution in [0.25, 0.3) is 0 Å². The van der Waals surface area contributed by atoms with Gasteiger partial charge in [-0.05, 0) is 30.5 Å². The SMILES string of the molecule is NC(=O)c1ccc(CS(=O)CC(=O)NC2CCCCCC2)cc1. The highest BCUT2D eigenvalue weighted by molar-refractivity contribution is 7.84. The minimum absolute atomic E-state index is 0.0219. The van der Waals surface area contributed by atoms with Gasteiger partial charge < -0.3 is 11.1 Å². The van der Waals surface area contributed by atoms with Crippen LogP contribution in [0.15, 0.2) is 24.3 Å². The Labute approximate surface area is 139 Å². The van der Waals surface area contributed by atoms with E-state index in [4.69, 9.17) is 5.73 Å². The number of rotatable bonds is 6. The van der Waals surface area contributed by atoms with Gasteiger partial charge in [0, 0.05) is 28.2 Å². The highest BCUT2D eigenvalue weighted by Crippen LogP contribution is 2.17. The van der Waals surface area contributed by atoms with Crippen molar-refractivity contribution in [3.8, 4) is 0 Å². The van der Waals surface area contributed by atoms with E-state index in [2.05, 4.69) is 5.32 Å². The summed E-state index contributed by atoms with van der Waals surface area (Å²) in [5.41, 5.74) is 6.43. The molecule has 126 valence electrons. The molecule has 23 heavy (non-hydrogen) atoms. The lowest BCUT2D eigenvalue weighted by molar-refractivity contribution is -0.119. The fourth-order valence-electron chi connectivity index (χ4n) is 2.84. The van der Waals surface area contributed by atoms with Gasteiger partial charge in [0.1, 0.15) is 5.75 Å². The van der Waals surface area contributed by atoms with Gasteiger partial charge in [0.05, 0.1) is 0 Å². The number of hydrogen-bond acceptors (Lipinski definition) is 3. The van der Waals surface area contributed by atoms with Gasteiger partial charge in [-0.15, -0.1) is 0 Å². The molecule has 1 saturated carbocycles. The molecule has 1 unspecified atom stereocenters. The molecule has 0 saturated heterocycles. The van der Waals surface area contributed by atoms with Gasteiger partial charge in [-0.3, -0.25) is 13.8 Å². The normalized spacial score (nSPS) is 17.2. The van der Waals surface area contributed by atoms with Gasteiger partial charge in [0.25, 0.3) is 0 Å². The molecular weight excluding hydrogens is 312 g/mol. The Morgan fingerprint density at radius 3 is 2.26 bits per heavy atom. The van der Waals surface area contributed by atoms with Crippen molar-refractivity contribution in [2.24, 2.45) is 5.73 Å². The molecule has 5 nitrogen and oxygen atoms in total. The van der Waals surface area contributed by atoms with E-state index in [0.717, 1.165) is 31.2 Å². The van der Waals surface area contributed by atoms with E-state index in [0.29, 0.717) is 11.3 Å². The Balaban J connectivity index is 1.79. The average Bonchev–Trinajstić information content (AvgIpc) is 2.76. The number of carbonyl (C=O) groups excluding carboxylic acids is 2. The number of benzene rings is 1. The Bertz CT molecular complexity index is 564. The number of primary amides is 1. The van der Waals surface area contributed by atoms with E-state index in [-0.39, 0.29) is 17.7 Å². The van der Waals surface area contributed by atoms with E-state index >= 15 is 0 Å². The summed E-state index contributed by atoms with van der Waals surface area (Å²) >= 11 is 0. The van der Waals surface area contributed by atoms with Crippen LogP contribution >= 0.6 is 0 Å². The highest BCUT2D eigenvalue weighted by Gasteiger charge is 2.16. The van der Waals surface area contributed by atoms with Crippen molar-refractivity contribution in [1.82, 2.24) is 5.32 Å². The van der Waals surface area contributed by atoms with Gasteiger partial charge in [-0.2, -0.15) is 0 Å². The molecule has 0 spiro atoms. The van der Waals surface area contributed by atoms with Gasteiger partial charge >= 0.3 is 0 Å². The fraction of sp³-hybridized carbons (Fsp3) is 0.529. The number of nitrogens with two attached hydrogens (primary N) is 1. The molecule has 2 amide bonds. The topological polar surface area (TPSA) is 89.3 Å². The molecule has 1 aliphatic rings. The first-order valence-corrected chi connectivity index (χ1v) is 9.56. The lowest BCUT2D eigenvalue weighted by Crippen LogP contribution is -2.37. The third kappa shape index (κ3) is 6.14. The van der Waals surface area contributed by atoms with Crippen molar-refractivity contribution in [3.63, 3.8) is 0 Å². The molecular formula is C17H24N2O3S. The second-order valence-corrected chi connectivity index (χ2v) is 7.50. The van der Waals surface area contributed by atoms with Crippen LogP contribution in [0, 0.1) is 0 Å². The fourth-order valence-corrected chi connectivity index (χ4v) is 3.88. The van der Waals surface area contributed by atoms with Crippen LogP contribution in [0.2, 0.25) is 0 Å². The second-order valence-electron chi connectivity index (χ2n) is 6.05. The maximum absolute atomic E-state index is 12.1. The smallest absolute Gasteiger partial charge is 0.248 e. The molecule has 3 N–H and O–H groups in total. The maximum atomic E-state index is 12.1. The standard InChI is InChI=1S/C17H24N2O3S/c18-17(21)14-9-7-13(8-10-14)11-23(22)12-16(20)19-15-5-3-1-2-4-6-15/h7-10,15H,1-6,11-12H2,(H2,18,21)(H,19,20). The van der Waals surface area contributed by atoms with Crippen LogP contribution in [-0.2, 0) is 21.3 Å². The quantitative estimate of drug-likeness (QED) is 0.777. The zero-order valence-electron chi connectivity index (χ0n) is 13.3. The van der Waals surface area contributed by atoms with E-state index in [1.165, 1.54) is 12.8 Å². The van der Waals surface area contributed by atoms with E-state index in [1.54, 1.807) is 24.3 Å². The lowest BCUT2D eigenvalue weighted by Gasteiger charge is -2.16. The van der Waals surface area contributed by atoms with Gasteiger partial charge in [0.2, 0.25) is 11.8 Å². The van der Waals surface area contributed by atoms with Crippen LogP contribution in [0.4, 0.5) is 0 Å². The van der Waals surface area contributed by atoms with Gasteiger partial charge in [0.15, 0.2) is 0 Å². The number of carbonyl (C=O) groups is 2. The minimum Gasteiger partial charge on any atom is -0.366 e. The molecule has 0 heterocycles. The highest BCUT2D eigenvalue weighted by atomic mass is 32.2. The number of nitrogens with one attached hydrogen (secondary N) is 1. The van der Waals surface area contributed by atoms with Crippen LogP contribution < -0.4 is 11.1 Å². The van der Waals surface area contributed by atoms with Crippen LogP contribution in [0.1, 0.15) is 54.4 Å². The summed E-state index contributed by atoms with van der Waals surface area (Å²) in [7, 11) is -1.26. The Morgan fingerprint density at radius 1 is 1.09 bits per heavy atom. The van der Waals surface area contributed by atoms with Crippen molar-refractivity contribution in [2.75, 3.05) is 5.75 Å². The molecule has 0 radical (unpaired) electrons. The molecule has 1 aromatic carbocycles. The van der Waals surface area contributed by atoms with Gasteiger partial charge in [-0.1, -0.05) is 37.8 Å². The molecule has 2 rings (SSSR count). The zero-order chi connectivity index (χ0) is 16.7. The summed E-state index contributed by atoms with van der Waals surface area (Å²) in [6, 6.07) is 6.90. The summed E-state index contributed by atoms with van der Waals surface area (Å²) in [6.45, 7) is 0. The Kier molecular flexibility index (Phi) is 6.77. The summed E-state index contributed by atoms with van der Waals surface area (Å²) < 4.78 is 12.1. The second kappa shape index (κ2) is 8.82. The number of amides is 2. The molecule has 1 aromatic rings. The summed E-state index contributed by atoms with van der Waals surface area (Å²) in [5, 5.41) is 3.01. The van der Waals surface area contributed by atoms with Crippen LogP contribution in [0.3, 0.4) is 0 Å². The third-order valence-electron chi connectivity index (χ3n) is 4.08. The maximum Gasteiger partial charge on any atom is 0.248 e. The van der Waals surface area contributed by atoms with Gasteiger partial charge in [-0.25, -0.2) is 0 Å². The molecule has 0 aliphatic heterocycles. The molecule has 1 atom stereocenters. The Morgan fingerprint density at radius 2 is 1.70 bits per heavy atom. The summed E-state index contributed by atoms with van der Waals surface area (Å²) in [6.07, 6.45) is 6.82. The lowest BCUT2D eigenvalue weighted by atomic mass is 10.1. The Hall–Kier alpha value is -1.69. The largest absolute Gasteiger partial charge is 0.366 e. The average molecular weight is 336 g/mol. The van der Waals surface area contributed by atoms with Crippen molar-refractivity contribution < 1.29 is 13.8 Å². The molecule has 0 bridgehead atoms. The van der Waals surface area contributed by atoms with Crippen molar-refractivity contribution in [2.45, 2.75) is 50.3 Å². The summed E-state index contributed by atoms with van der Waals surface area (Å²) in [5.74, 6) is -0.296. The van der Waals surface area contributed by atoms with E-state index in [9.17, 15) is 13.8 Å². The van der Waals surface area contributed by atoms with Crippen molar-refractivity contribution >= 4 is 22.6 Å². The predicted molar refractivity (Wildman–Crippen MR) is 91.3 cm³/mol. The molecule has 0 aromatic heterocycles. The minimum atomic E-state index is -1.26. The molecule has 6 heteroatoms. The van der Waals surface area contributed by atoms with Crippen molar-refractivity contribution in [1.29, 1.82) is 0 Å². The van der Waals surface area contributed by atoms with Crippen LogP contribution in [0.5, 0.6) is 0 Å². The molecule has 1 fully saturated rings. The zero-order valence-corrected chi connectivity index (χ0v) is 14.1. The first-order chi connectivity index (χ1) is 11.0. The van der Waals surface area contributed by atoms with E-state index in [1.807, 2.05) is 0 Å². The predicted octanol–water partition coefficient (Wildman–Crippen LogP) is 1.87. The number of hydrogen-bond donors (Lipinski definition) is 2. The molecule has 1 aliphatic carbocycles. The first-order valence-electron chi connectivity index (χ1n) is 8.07.